The molecule has 1 aromatic carbocycles. The highest BCUT2D eigenvalue weighted by atomic mass is 16.6. The molecule has 266 valence electrons. The molecule has 1 aromatic rings. The van der Waals surface area contributed by atoms with Gasteiger partial charge in [0.2, 0.25) is 0 Å². The van der Waals surface area contributed by atoms with Crippen molar-refractivity contribution in [1.29, 1.82) is 0 Å². The third-order valence-corrected chi connectivity index (χ3v) is 8.81. The second-order valence-electron chi connectivity index (χ2n) is 12.8. The van der Waals surface area contributed by atoms with Crippen LogP contribution in [0.2, 0.25) is 0 Å². The summed E-state index contributed by atoms with van der Waals surface area (Å²) in [6.07, 6.45) is -2.11. The van der Waals surface area contributed by atoms with Gasteiger partial charge in [-0.05, 0) is 54.0 Å². The maximum atomic E-state index is 13.2. The highest BCUT2D eigenvalue weighted by Gasteiger charge is 2.50. The first-order valence-electron chi connectivity index (χ1n) is 16.0. The van der Waals surface area contributed by atoms with Crippen LogP contribution < -0.4 is 0 Å². The Morgan fingerprint density at radius 1 is 0.796 bits per heavy atom. The zero-order valence-corrected chi connectivity index (χ0v) is 29.2. The van der Waals surface area contributed by atoms with Gasteiger partial charge in [0.25, 0.3) is 0 Å². The highest BCUT2D eigenvalue weighted by molar-refractivity contribution is 5.87. The molecule has 2 bridgehead atoms. The fraction of sp³-hybridized carbons (Fsp3) is 0.486. The van der Waals surface area contributed by atoms with Crippen molar-refractivity contribution in [2.24, 2.45) is 11.3 Å². The molecule has 0 radical (unpaired) electrons. The summed E-state index contributed by atoms with van der Waals surface area (Å²) in [5.41, 5.74) is 0.860. The average molecular weight is 683 g/mol. The summed E-state index contributed by atoms with van der Waals surface area (Å²) in [7, 11) is 0. The number of rotatable bonds is 8. The molecule has 0 saturated carbocycles. The van der Waals surface area contributed by atoms with Crippen LogP contribution in [-0.2, 0) is 47.7 Å². The maximum Gasteiger partial charge on any atom is 0.331 e. The maximum absolute atomic E-state index is 13.2. The summed E-state index contributed by atoms with van der Waals surface area (Å²) in [4.78, 5) is 63.2. The van der Waals surface area contributed by atoms with Crippen LogP contribution in [-0.4, -0.2) is 77.2 Å². The molecule has 0 saturated heterocycles. The monoisotopic (exact) mass is 682 g/mol. The minimum Gasteiger partial charge on any atom is -0.458 e. The molecule has 0 aliphatic heterocycles. The standard InChI is InChI=1S/C37H46O12/c1-20-30(45-22(3)39)17-28-29(43)16-27(19-38)32(49-33(44)15-14-26-12-10-9-11-13-26)18-31(46-23(4)40)21(2)35(47-24(5)41)36(48-25(6)42)34(20)37(28,7)8/h9-16,28-32,36,38,43H,17-19H2,1-8H3/b15-14+,27-16+,35-21-/t28-,29-,30-,31-,32-,36+/m0/s1. The molecule has 0 heterocycles. The molecule has 0 fully saturated rings. The van der Waals surface area contributed by atoms with E-state index in [-0.39, 0.29) is 29.7 Å². The topological polar surface area (TPSA) is 172 Å². The van der Waals surface area contributed by atoms with Gasteiger partial charge in [-0.25, -0.2) is 4.79 Å². The van der Waals surface area contributed by atoms with Crippen LogP contribution in [0.3, 0.4) is 0 Å². The fourth-order valence-corrected chi connectivity index (χ4v) is 6.58. The zero-order chi connectivity index (χ0) is 36.6. The van der Waals surface area contributed by atoms with Gasteiger partial charge in [-0.3, -0.25) is 19.2 Å². The van der Waals surface area contributed by atoms with E-state index >= 15 is 0 Å². The van der Waals surface area contributed by atoms with Gasteiger partial charge in [0.15, 0.2) is 11.9 Å². The Bertz CT molecular complexity index is 1550. The molecule has 2 aliphatic rings. The van der Waals surface area contributed by atoms with Gasteiger partial charge >= 0.3 is 29.8 Å². The van der Waals surface area contributed by atoms with E-state index in [1.807, 2.05) is 6.07 Å². The normalized spacial score (nSPS) is 28.2. The van der Waals surface area contributed by atoms with Crippen molar-refractivity contribution in [3.05, 3.63) is 76.1 Å². The van der Waals surface area contributed by atoms with Crippen LogP contribution >= 0.6 is 0 Å². The number of fused-ring (bicyclic) bond motifs is 2. The molecule has 12 nitrogen and oxygen atoms in total. The van der Waals surface area contributed by atoms with E-state index in [4.69, 9.17) is 23.7 Å². The minimum absolute atomic E-state index is 0.109. The predicted octanol–water partition coefficient (Wildman–Crippen LogP) is 4.29. The summed E-state index contributed by atoms with van der Waals surface area (Å²) in [5.74, 6) is -4.51. The largest absolute Gasteiger partial charge is 0.458 e. The second kappa shape index (κ2) is 16.7. The van der Waals surface area contributed by atoms with Gasteiger partial charge in [-0.15, -0.1) is 0 Å². The molecule has 2 aliphatic carbocycles. The smallest absolute Gasteiger partial charge is 0.331 e. The molecule has 12 heteroatoms. The van der Waals surface area contributed by atoms with Crippen molar-refractivity contribution in [3.8, 4) is 0 Å². The lowest BCUT2D eigenvalue weighted by Crippen LogP contribution is -2.48. The van der Waals surface area contributed by atoms with Crippen molar-refractivity contribution in [1.82, 2.24) is 0 Å². The number of carbonyl (C=O) groups is 5. The minimum atomic E-state index is -1.39. The van der Waals surface area contributed by atoms with Crippen molar-refractivity contribution >= 4 is 35.9 Å². The van der Waals surface area contributed by atoms with Crippen LogP contribution in [0.25, 0.3) is 6.08 Å². The SMILES string of the molecule is CC(=O)O/C1=C(/C)[C@@H](OC(C)=O)C[C@H](OC(=O)/C=C/c2ccccc2)/C(CO)=C/[C@H](O)[C@@H]2C[C@H](OC(C)=O)C(C)=C([C@H]1OC(C)=O)C2(C)C. The first-order chi connectivity index (χ1) is 23.0. The van der Waals surface area contributed by atoms with Crippen LogP contribution in [0.1, 0.15) is 73.8 Å². The molecule has 0 aromatic heterocycles. The lowest BCUT2D eigenvalue weighted by molar-refractivity contribution is -0.152. The number of aliphatic hydroxyl groups is 2. The third-order valence-electron chi connectivity index (χ3n) is 8.81. The van der Waals surface area contributed by atoms with Crippen molar-refractivity contribution in [2.75, 3.05) is 6.61 Å². The van der Waals surface area contributed by atoms with E-state index in [0.717, 1.165) is 12.5 Å². The predicted molar refractivity (Wildman–Crippen MR) is 177 cm³/mol. The van der Waals surface area contributed by atoms with Crippen molar-refractivity contribution < 1.29 is 57.9 Å². The second-order valence-corrected chi connectivity index (χ2v) is 12.8. The summed E-state index contributed by atoms with van der Waals surface area (Å²) in [6.45, 7) is 10.9. The molecule has 0 spiro atoms. The van der Waals surface area contributed by atoms with E-state index < -0.39 is 78.3 Å². The Kier molecular flexibility index (Phi) is 13.3. The van der Waals surface area contributed by atoms with Gasteiger partial charge in [0.1, 0.15) is 18.3 Å². The van der Waals surface area contributed by atoms with Gasteiger partial charge in [-0.2, -0.15) is 0 Å². The van der Waals surface area contributed by atoms with Crippen LogP contribution in [0.4, 0.5) is 0 Å². The molecule has 3 rings (SSSR count). The third kappa shape index (κ3) is 9.99. The molecule has 2 N–H and O–H groups in total. The van der Waals surface area contributed by atoms with E-state index in [1.165, 1.54) is 39.8 Å². The highest BCUT2D eigenvalue weighted by Crippen LogP contribution is 2.51. The lowest BCUT2D eigenvalue weighted by Gasteiger charge is -2.48. The molecule has 49 heavy (non-hydrogen) atoms. The van der Waals surface area contributed by atoms with Crippen LogP contribution in [0, 0.1) is 11.3 Å². The summed E-state index contributed by atoms with van der Waals surface area (Å²) < 4.78 is 28.8. The molecule has 6 atom stereocenters. The number of aliphatic hydroxyl groups excluding tert-OH is 2. The summed E-state index contributed by atoms with van der Waals surface area (Å²) in [6, 6.07) is 9.00. The van der Waals surface area contributed by atoms with E-state index in [0.29, 0.717) is 11.1 Å². The van der Waals surface area contributed by atoms with Gasteiger partial charge in [0.05, 0.1) is 12.7 Å². The molecule has 0 unspecified atom stereocenters. The Hall–Kier alpha value is -4.55. The number of hydrogen-bond acceptors (Lipinski definition) is 12. The van der Waals surface area contributed by atoms with E-state index in [1.54, 1.807) is 51.1 Å². The Morgan fingerprint density at radius 3 is 1.90 bits per heavy atom. The number of esters is 5. The van der Waals surface area contributed by atoms with Gasteiger partial charge in [-0.1, -0.05) is 50.3 Å². The Balaban J connectivity index is 2.37. The molecular formula is C37H46O12. The van der Waals surface area contributed by atoms with E-state index in [2.05, 4.69) is 0 Å². The molecule has 0 amide bonds. The average Bonchev–Trinajstić information content (AvgIpc) is 3.00. The number of hydrogen-bond donors (Lipinski definition) is 2. The van der Waals surface area contributed by atoms with Crippen LogP contribution in [0.15, 0.2) is 70.5 Å². The van der Waals surface area contributed by atoms with Crippen molar-refractivity contribution in [2.45, 2.75) is 98.8 Å². The zero-order valence-electron chi connectivity index (χ0n) is 29.2. The summed E-state index contributed by atoms with van der Waals surface area (Å²) >= 11 is 0. The Morgan fingerprint density at radius 2 is 1.37 bits per heavy atom. The molecular weight excluding hydrogens is 636 g/mol. The van der Waals surface area contributed by atoms with Gasteiger partial charge < -0.3 is 33.9 Å². The Labute approximate surface area is 286 Å². The number of ether oxygens (including phenoxy) is 5. The number of benzene rings is 1. The summed E-state index contributed by atoms with van der Waals surface area (Å²) in [5, 5.41) is 22.4. The first kappa shape index (κ1) is 38.9. The quantitative estimate of drug-likeness (QED) is 0.173. The lowest BCUT2D eigenvalue weighted by atomic mass is 9.60. The first-order valence-corrected chi connectivity index (χ1v) is 16.0. The van der Waals surface area contributed by atoms with Crippen LogP contribution in [0.5, 0.6) is 0 Å². The van der Waals surface area contributed by atoms with Gasteiger partial charge in [0, 0.05) is 51.7 Å². The number of carbonyl (C=O) groups excluding carboxylic acids is 5. The fourth-order valence-electron chi connectivity index (χ4n) is 6.58. The van der Waals surface area contributed by atoms with Crippen molar-refractivity contribution in [3.63, 3.8) is 0 Å². The van der Waals surface area contributed by atoms with E-state index in [9.17, 15) is 34.2 Å².